The molecule has 0 aliphatic carbocycles. The van der Waals surface area contributed by atoms with Crippen LogP contribution in [0.3, 0.4) is 0 Å². The fraction of sp³-hybridized carbons (Fsp3) is 0.333. The van der Waals surface area contributed by atoms with Crippen molar-refractivity contribution in [3.8, 4) is 17.2 Å². The second-order valence-corrected chi connectivity index (χ2v) is 6.14. The van der Waals surface area contributed by atoms with E-state index in [4.69, 9.17) is 18.6 Å². The van der Waals surface area contributed by atoms with E-state index in [2.05, 4.69) is 24.4 Å². The number of nitrogens with one attached hydrogen (secondary N) is 1. The number of hydrogen-bond acceptors (Lipinski definition) is 5. The molecule has 1 heterocycles. The van der Waals surface area contributed by atoms with Crippen LogP contribution in [0.25, 0.3) is 11.0 Å². The predicted octanol–water partition coefficient (Wildman–Crippen LogP) is 4.35. The van der Waals surface area contributed by atoms with Crippen molar-refractivity contribution in [2.75, 3.05) is 27.9 Å². The first-order valence-electron chi connectivity index (χ1n) is 8.67. The average Bonchev–Trinajstić information content (AvgIpc) is 3.12. The summed E-state index contributed by atoms with van der Waals surface area (Å²) in [5, 5.41) is 4.55. The van der Waals surface area contributed by atoms with E-state index >= 15 is 0 Å². The van der Waals surface area contributed by atoms with Crippen LogP contribution in [0.15, 0.2) is 46.9 Å². The highest BCUT2D eigenvalue weighted by Gasteiger charge is 2.14. The third-order valence-electron chi connectivity index (χ3n) is 4.49. The number of fused-ring (bicyclic) bond motifs is 1. The van der Waals surface area contributed by atoms with Crippen LogP contribution in [0.2, 0.25) is 0 Å². The van der Waals surface area contributed by atoms with Gasteiger partial charge in [-0.2, -0.15) is 0 Å². The van der Waals surface area contributed by atoms with Gasteiger partial charge in [0.2, 0.25) is 0 Å². The van der Waals surface area contributed by atoms with Crippen LogP contribution >= 0.6 is 0 Å². The molecule has 1 N–H and O–H groups in total. The van der Waals surface area contributed by atoms with Crippen LogP contribution in [-0.4, -0.2) is 27.9 Å². The lowest BCUT2D eigenvalue weighted by molar-refractivity contribution is 0.354. The van der Waals surface area contributed by atoms with E-state index < -0.39 is 0 Å². The predicted molar refractivity (Wildman–Crippen MR) is 102 cm³/mol. The van der Waals surface area contributed by atoms with Gasteiger partial charge in [-0.05, 0) is 49.7 Å². The molecule has 3 aromatic rings. The summed E-state index contributed by atoms with van der Waals surface area (Å²) in [4.78, 5) is 0. The van der Waals surface area contributed by atoms with E-state index in [-0.39, 0.29) is 6.04 Å². The van der Waals surface area contributed by atoms with Crippen LogP contribution in [-0.2, 0) is 6.42 Å². The third-order valence-corrected chi connectivity index (χ3v) is 4.49. The van der Waals surface area contributed by atoms with E-state index in [1.165, 1.54) is 5.56 Å². The number of para-hydroxylation sites is 1. The Morgan fingerprint density at radius 1 is 0.923 bits per heavy atom. The quantitative estimate of drug-likeness (QED) is 0.651. The first-order valence-corrected chi connectivity index (χ1v) is 8.67. The molecule has 5 nitrogen and oxygen atoms in total. The number of rotatable bonds is 8. The Balaban J connectivity index is 1.63. The van der Waals surface area contributed by atoms with Crippen molar-refractivity contribution in [3.05, 3.63) is 53.8 Å². The largest absolute Gasteiger partial charge is 0.493 e. The number of hydrogen-bond donors (Lipinski definition) is 1. The maximum Gasteiger partial charge on any atom is 0.176 e. The van der Waals surface area contributed by atoms with Crippen molar-refractivity contribution in [3.63, 3.8) is 0 Å². The van der Waals surface area contributed by atoms with Gasteiger partial charge in [-0.3, -0.25) is 0 Å². The summed E-state index contributed by atoms with van der Waals surface area (Å²) < 4.78 is 22.0. The SMILES string of the molecule is COc1ccc(CCNC(C)c2cc3cccc(OC)c3o2)cc1OC. The number of furan rings is 1. The zero-order chi connectivity index (χ0) is 18.5. The molecule has 26 heavy (non-hydrogen) atoms. The van der Waals surface area contributed by atoms with Gasteiger partial charge in [0.15, 0.2) is 22.8 Å². The van der Waals surface area contributed by atoms with Gasteiger partial charge in [0.25, 0.3) is 0 Å². The zero-order valence-electron chi connectivity index (χ0n) is 15.7. The molecule has 0 spiro atoms. The lowest BCUT2D eigenvalue weighted by Crippen LogP contribution is -2.20. The molecule has 1 unspecified atom stereocenters. The summed E-state index contributed by atoms with van der Waals surface area (Å²) in [6, 6.07) is 14.1. The van der Waals surface area contributed by atoms with Gasteiger partial charge < -0.3 is 23.9 Å². The molecule has 0 radical (unpaired) electrons. The Kier molecular flexibility index (Phi) is 5.68. The Hall–Kier alpha value is -2.66. The van der Waals surface area contributed by atoms with Gasteiger partial charge in [-0.1, -0.05) is 18.2 Å². The smallest absolute Gasteiger partial charge is 0.176 e. The second kappa shape index (κ2) is 8.15. The maximum absolute atomic E-state index is 6.00. The van der Waals surface area contributed by atoms with E-state index in [0.717, 1.165) is 46.9 Å². The Morgan fingerprint density at radius 2 is 1.69 bits per heavy atom. The average molecular weight is 355 g/mol. The van der Waals surface area contributed by atoms with Gasteiger partial charge >= 0.3 is 0 Å². The monoisotopic (exact) mass is 355 g/mol. The van der Waals surface area contributed by atoms with Crippen LogP contribution < -0.4 is 19.5 Å². The van der Waals surface area contributed by atoms with E-state index in [1.54, 1.807) is 21.3 Å². The molecule has 0 aliphatic heterocycles. The van der Waals surface area contributed by atoms with Crippen LogP contribution in [0.1, 0.15) is 24.3 Å². The van der Waals surface area contributed by atoms with E-state index in [1.807, 2.05) is 30.3 Å². The van der Waals surface area contributed by atoms with Crippen molar-refractivity contribution in [1.82, 2.24) is 5.32 Å². The van der Waals surface area contributed by atoms with Crippen molar-refractivity contribution < 1.29 is 18.6 Å². The summed E-state index contributed by atoms with van der Waals surface area (Å²) in [5.41, 5.74) is 1.98. The molecular formula is C21H25NO4. The summed E-state index contributed by atoms with van der Waals surface area (Å²) in [7, 11) is 4.95. The van der Waals surface area contributed by atoms with Crippen LogP contribution in [0, 0.1) is 0 Å². The lowest BCUT2D eigenvalue weighted by atomic mass is 10.1. The minimum absolute atomic E-state index is 0.104. The van der Waals surface area contributed by atoms with Gasteiger partial charge in [0.05, 0.1) is 27.4 Å². The minimum atomic E-state index is 0.104. The molecule has 138 valence electrons. The van der Waals surface area contributed by atoms with Gasteiger partial charge in [0, 0.05) is 5.39 Å². The van der Waals surface area contributed by atoms with Crippen LogP contribution in [0.4, 0.5) is 0 Å². The highest BCUT2D eigenvalue weighted by molar-refractivity contribution is 5.83. The number of benzene rings is 2. The Bertz CT molecular complexity index is 872. The van der Waals surface area contributed by atoms with Gasteiger partial charge in [0.1, 0.15) is 5.76 Å². The number of methoxy groups -OCH3 is 3. The Morgan fingerprint density at radius 3 is 2.42 bits per heavy atom. The van der Waals surface area contributed by atoms with Crippen molar-refractivity contribution in [2.24, 2.45) is 0 Å². The Labute approximate surface area is 153 Å². The molecule has 0 aliphatic rings. The van der Waals surface area contributed by atoms with Crippen molar-refractivity contribution in [1.29, 1.82) is 0 Å². The highest BCUT2D eigenvalue weighted by Crippen LogP contribution is 2.31. The molecule has 2 aromatic carbocycles. The minimum Gasteiger partial charge on any atom is -0.493 e. The standard InChI is InChI=1S/C21H25NO4/c1-14(19-13-16-6-5-7-18(24-3)21(16)26-19)22-11-10-15-8-9-17(23-2)20(12-15)25-4/h5-9,12-14,22H,10-11H2,1-4H3. The van der Waals surface area contributed by atoms with Crippen LogP contribution in [0.5, 0.6) is 17.2 Å². The van der Waals surface area contributed by atoms with Gasteiger partial charge in [-0.25, -0.2) is 0 Å². The second-order valence-electron chi connectivity index (χ2n) is 6.14. The molecule has 0 saturated heterocycles. The van der Waals surface area contributed by atoms with Gasteiger partial charge in [-0.15, -0.1) is 0 Å². The topological polar surface area (TPSA) is 52.9 Å². The molecule has 3 rings (SSSR count). The summed E-state index contributed by atoms with van der Waals surface area (Å²) >= 11 is 0. The fourth-order valence-corrected chi connectivity index (χ4v) is 3.00. The maximum atomic E-state index is 6.00. The first kappa shape index (κ1) is 18.1. The third kappa shape index (κ3) is 3.78. The number of ether oxygens (including phenoxy) is 3. The molecule has 0 fully saturated rings. The molecule has 5 heteroatoms. The summed E-state index contributed by atoms with van der Waals surface area (Å²) in [6.07, 6.45) is 0.883. The molecule has 0 amide bonds. The first-order chi connectivity index (χ1) is 12.7. The van der Waals surface area contributed by atoms with E-state index in [9.17, 15) is 0 Å². The molecule has 1 atom stereocenters. The summed E-state index contributed by atoms with van der Waals surface area (Å²) in [5.74, 6) is 3.15. The molecule has 0 saturated carbocycles. The normalized spacial score (nSPS) is 12.2. The molecular weight excluding hydrogens is 330 g/mol. The molecule has 1 aromatic heterocycles. The van der Waals surface area contributed by atoms with Crippen molar-refractivity contribution >= 4 is 11.0 Å². The lowest BCUT2D eigenvalue weighted by Gasteiger charge is -2.12. The highest BCUT2D eigenvalue weighted by atomic mass is 16.5. The summed E-state index contributed by atoms with van der Waals surface area (Å²) in [6.45, 7) is 2.92. The fourth-order valence-electron chi connectivity index (χ4n) is 3.00. The van der Waals surface area contributed by atoms with Crippen molar-refractivity contribution in [2.45, 2.75) is 19.4 Å². The zero-order valence-corrected chi connectivity index (χ0v) is 15.7. The molecule has 0 bridgehead atoms. The van der Waals surface area contributed by atoms with E-state index in [0.29, 0.717) is 0 Å².